The maximum absolute atomic E-state index is 12.5. The first-order valence-electron chi connectivity index (χ1n) is 12.0. The number of hydrazone groups is 1. The molecule has 0 atom stereocenters. The molecule has 0 fully saturated rings. The van der Waals surface area contributed by atoms with E-state index >= 15 is 0 Å². The first-order valence-corrected chi connectivity index (χ1v) is 12.0. The largest absolute Gasteiger partial charge is 0.493 e. The first-order chi connectivity index (χ1) is 18.8. The number of aryl methyl sites for hydroxylation is 2. The van der Waals surface area contributed by atoms with Gasteiger partial charge < -0.3 is 27.9 Å². The number of carbonyl (C=O) groups is 2. The number of carbonyl (C=O) groups excluding carboxylic acids is 2. The summed E-state index contributed by atoms with van der Waals surface area (Å²) in [5.74, 6) is 0.907. The van der Waals surface area contributed by atoms with Crippen LogP contribution in [0.1, 0.15) is 40.2 Å². The molecule has 0 unspecified atom stereocenters. The summed E-state index contributed by atoms with van der Waals surface area (Å²) in [5, 5.41) is 3.97. The third kappa shape index (κ3) is 6.48. The van der Waals surface area contributed by atoms with Crippen LogP contribution in [-0.4, -0.2) is 36.9 Å². The van der Waals surface area contributed by atoms with Crippen molar-refractivity contribution < 1.29 is 33.0 Å². The molecule has 0 bridgehead atoms. The zero-order valence-electron chi connectivity index (χ0n) is 22.3. The van der Waals surface area contributed by atoms with E-state index in [1.165, 1.54) is 27.4 Å². The van der Waals surface area contributed by atoms with Gasteiger partial charge in [0, 0.05) is 29.6 Å². The van der Waals surface area contributed by atoms with E-state index in [-0.39, 0.29) is 29.6 Å². The van der Waals surface area contributed by atoms with Crippen molar-refractivity contribution in [1.82, 2.24) is 9.99 Å². The summed E-state index contributed by atoms with van der Waals surface area (Å²) in [7, 11) is 2.87. The summed E-state index contributed by atoms with van der Waals surface area (Å²) in [6.45, 7) is 5.56. The third-order valence-corrected chi connectivity index (χ3v) is 5.74. The zero-order chi connectivity index (χ0) is 27.9. The Bertz CT molecular complexity index is 1460. The molecule has 202 valence electrons. The van der Waals surface area contributed by atoms with Crippen LogP contribution in [0, 0.1) is 13.8 Å². The van der Waals surface area contributed by atoms with Crippen molar-refractivity contribution in [3.05, 3.63) is 89.1 Å². The molecule has 0 saturated carbocycles. The fraction of sp³-hybridized carbons (Fsp3) is 0.207. The van der Waals surface area contributed by atoms with Gasteiger partial charge in [-0.2, -0.15) is 5.10 Å². The van der Waals surface area contributed by atoms with E-state index < -0.39 is 11.9 Å². The first kappa shape index (κ1) is 27.1. The van der Waals surface area contributed by atoms with Gasteiger partial charge in [-0.15, -0.1) is 0 Å². The fourth-order valence-corrected chi connectivity index (χ4v) is 3.94. The summed E-state index contributed by atoms with van der Waals surface area (Å²) in [6.07, 6.45) is 1.40. The van der Waals surface area contributed by atoms with Crippen molar-refractivity contribution in [2.75, 3.05) is 14.2 Å². The van der Waals surface area contributed by atoms with Crippen molar-refractivity contribution in [3.8, 4) is 28.7 Å². The molecule has 0 aliphatic rings. The Labute approximate surface area is 225 Å². The molecule has 1 N–H and O–H groups in total. The number of hydrogen-bond acceptors (Lipinski definition) is 8. The van der Waals surface area contributed by atoms with Gasteiger partial charge in [0.25, 0.3) is 0 Å². The molecule has 10 nitrogen and oxygen atoms in total. The van der Waals surface area contributed by atoms with Gasteiger partial charge in [-0.1, -0.05) is 0 Å². The van der Waals surface area contributed by atoms with E-state index in [0.717, 1.165) is 17.1 Å². The van der Waals surface area contributed by atoms with Crippen LogP contribution < -0.4 is 24.4 Å². The number of furan rings is 1. The molecule has 4 aromatic rings. The van der Waals surface area contributed by atoms with Gasteiger partial charge in [-0.05, 0) is 74.5 Å². The highest BCUT2D eigenvalue weighted by Crippen LogP contribution is 2.38. The number of amides is 1. The topological polar surface area (TPSA) is 114 Å². The number of benzene rings is 2. The number of nitrogens with one attached hydrogen (secondary N) is 1. The highest BCUT2D eigenvalue weighted by Gasteiger charge is 2.16. The van der Waals surface area contributed by atoms with Crippen LogP contribution in [-0.2, 0) is 11.4 Å². The van der Waals surface area contributed by atoms with Gasteiger partial charge in [0.2, 0.25) is 5.75 Å². The van der Waals surface area contributed by atoms with E-state index in [1.807, 2.05) is 24.3 Å². The van der Waals surface area contributed by atoms with Gasteiger partial charge in [0.15, 0.2) is 17.3 Å². The summed E-state index contributed by atoms with van der Waals surface area (Å²) in [4.78, 5) is 23.9. The Morgan fingerprint density at radius 3 is 2.18 bits per heavy atom. The van der Waals surface area contributed by atoms with Gasteiger partial charge in [-0.3, -0.25) is 9.59 Å². The second kappa shape index (κ2) is 12.0. The average Bonchev–Trinajstić information content (AvgIpc) is 3.54. The molecule has 0 aliphatic heterocycles. The predicted octanol–water partition coefficient (Wildman–Crippen LogP) is 4.97. The Kier molecular flexibility index (Phi) is 8.35. The predicted molar refractivity (Wildman–Crippen MR) is 144 cm³/mol. The van der Waals surface area contributed by atoms with E-state index in [2.05, 4.69) is 41.1 Å². The molecule has 1 amide bonds. The molecular formula is C29H29N3O7. The van der Waals surface area contributed by atoms with E-state index in [1.54, 1.807) is 24.3 Å². The Morgan fingerprint density at radius 2 is 1.59 bits per heavy atom. The van der Waals surface area contributed by atoms with Crippen LogP contribution >= 0.6 is 0 Å². The minimum atomic E-state index is -0.533. The van der Waals surface area contributed by atoms with Crippen LogP contribution in [0.3, 0.4) is 0 Å². The minimum Gasteiger partial charge on any atom is -0.493 e. The molecule has 0 saturated heterocycles. The number of methoxy groups -OCH3 is 2. The second-order valence-corrected chi connectivity index (χ2v) is 8.55. The Hall–Kier alpha value is -4.99. The number of nitrogens with zero attached hydrogens (tertiary/aromatic N) is 2. The molecule has 2 aromatic heterocycles. The number of esters is 1. The highest BCUT2D eigenvalue weighted by molar-refractivity contribution is 5.92. The molecule has 0 aliphatic carbocycles. The molecule has 4 rings (SSSR count). The van der Waals surface area contributed by atoms with E-state index in [0.29, 0.717) is 17.1 Å². The number of aromatic nitrogens is 1. The quantitative estimate of drug-likeness (QED) is 0.133. The van der Waals surface area contributed by atoms with Gasteiger partial charge >= 0.3 is 11.9 Å². The SMILES string of the molecule is COc1cc(/C=N/NC(=O)c2ccc(COc3ccc(-n4c(C)ccc4C)cc3)o2)cc(OC)c1OC(C)=O. The Balaban J connectivity index is 1.34. The number of rotatable bonds is 10. The highest BCUT2D eigenvalue weighted by atomic mass is 16.6. The molecule has 2 aromatic carbocycles. The fourth-order valence-electron chi connectivity index (χ4n) is 3.94. The molecule has 2 heterocycles. The lowest BCUT2D eigenvalue weighted by molar-refractivity contribution is -0.132. The van der Waals surface area contributed by atoms with Gasteiger partial charge in [0.1, 0.15) is 18.1 Å². The van der Waals surface area contributed by atoms with Crippen molar-refractivity contribution in [3.63, 3.8) is 0 Å². The summed E-state index contributed by atoms with van der Waals surface area (Å²) in [6, 6.07) is 18.3. The van der Waals surface area contributed by atoms with Crippen LogP contribution in [0.4, 0.5) is 0 Å². The van der Waals surface area contributed by atoms with Crippen LogP contribution in [0.15, 0.2) is 70.2 Å². The summed E-state index contributed by atoms with van der Waals surface area (Å²) >= 11 is 0. The van der Waals surface area contributed by atoms with Crippen LogP contribution in [0.5, 0.6) is 23.0 Å². The lowest BCUT2D eigenvalue weighted by Gasteiger charge is -2.13. The molecule has 0 spiro atoms. The lowest BCUT2D eigenvalue weighted by Crippen LogP contribution is -2.16. The maximum Gasteiger partial charge on any atom is 0.308 e. The molecule has 0 radical (unpaired) electrons. The molecule has 39 heavy (non-hydrogen) atoms. The second-order valence-electron chi connectivity index (χ2n) is 8.55. The zero-order valence-corrected chi connectivity index (χ0v) is 22.3. The smallest absolute Gasteiger partial charge is 0.308 e. The maximum atomic E-state index is 12.5. The standard InChI is InChI=1S/C29H29N3O7/c1-18-6-7-19(2)32(18)22-8-10-23(11-9-22)37-17-24-12-13-25(39-24)29(34)31-30-16-21-14-26(35-4)28(38-20(3)33)27(15-21)36-5/h6-16H,17H2,1-5H3,(H,31,34)/b30-16+. The Morgan fingerprint density at radius 1 is 0.949 bits per heavy atom. The monoisotopic (exact) mass is 531 g/mol. The van der Waals surface area contributed by atoms with Crippen molar-refractivity contribution in [2.24, 2.45) is 5.10 Å². The summed E-state index contributed by atoms with van der Waals surface area (Å²) in [5.41, 5.74) is 6.32. The number of hydrogen-bond donors (Lipinski definition) is 1. The van der Waals surface area contributed by atoms with Crippen LogP contribution in [0.25, 0.3) is 5.69 Å². The number of ether oxygens (including phenoxy) is 4. The average molecular weight is 532 g/mol. The van der Waals surface area contributed by atoms with Gasteiger partial charge in [-0.25, -0.2) is 5.43 Å². The van der Waals surface area contributed by atoms with Gasteiger partial charge in [0.05, 0.1) is 20.4 Å². The van der Waals surface area contributed by atoms with Crippen molar-refractivity contribution in [1.29, 1.82) is 0 Å². The minimum absolute atomic E-state index is 0.0834. The third-order valence-electron chi connectivity index (χ3n) is 5.74. The normalized spacial score (nSPS) is 10.9. The molecular weight excluding hydrogens is 502 g/mol. The van der Waals surface area contributed by atoms with Crippen molar-refractivity contribution in [2.45, 2.75) is 27.4 Å². The van der Waals surface area contributed by atoms with Crippen molar-refractivity contribution >= 4 is 18.1 Å². The van der Waals surface area contributed by atoms with E-state index in [9.17, 15) is 9.59 Å². The molecule has 10 heteroatoms. The lowest BCUT2D eigenvalue weighted by atomic mass is 10.2. The summed E-state index contributed by atoms with van der Waals surface area (Å²) < 4.78 is 29.3. The van der Waals surface area contributed by atoms with E-state index in [4.69, 9.17) is 23.4 Å². The van der Waals surface area contributed by atoms with Crippen LogP contribution in [0.2, 0.25) is 0 Å².